The highest BCUT2D eigenvalue weighted by Crippen LogP contribution is 2.29. The zero-order valence-electron chi connectivity index (χ0n) is 16.9. The summed E-state index contributed by atoms with van der Waals surface area (Å²) in [5.41, 5.74) is 0.894. The van der Waals surface area contributed by atoms with Crippen LogP contribution in [0.3, 0.4) is 0 Å². The molecule has 1 atom stereocenters. The lowest BCUT2D eigenvalue weighted by Crippen LogP contribution is -2.37. The van der Waals surface area contributed by atoms with Gasteiger partial charge < -0.3 is 4.90 Å². The summed E-state index contributed by atoms with van der Waals surface area (Å²) < 4.78 is 41.0. The highest BCUT2D eigenvalue weighted by molar-refractivity contribution is 7.91. The maximum absolute atomic E-state index is 13.5. The first kappa shape index (κ1) is 21.5. The van der Waals surface area contributed by atoms with Gasteiger partial charge in [0.2, 0.25) is 5.91 Å². The summed E-state index contributed by atoms with van der Waals surface area (Å²) in [6.07, 6.45) is 5.56. The fraction of sp³-hybridized carbons (Fsp3) is 0.500. The van der Waals surface area contributed by atoms with Gasteiger partial charge in [0.05, 0.1) is 6.42 Å². The van der Waals surface area contributed by atoms with Crippen molar-refractivity contribution in [2.45, 2.75) is 55.2 Å². The Hall–Kier alpha value is -1.77. The molecule has 0 bridgehead atoms. The Bertz CT molecular complexity index is 999. The molecule has 1 aromatic heterocycles. The zero-order valence-corrected chi connectivity index (χ0v) is 18.6. The van der Waals surface area contributed by atoms with E-state index in [-0.39, 0.29) is 24.2 Å². The second-order valence-corrected chi connectivity index (χ2v) is 11.4. The predicted molar refractivity (Wildman–Crippen MR) is 115 cm³/mol. The van der Waals surface area contributed by atoms with Crippen LogP contribution in [0.15, 0.2) is 40.6 Å². The second kappa shape index (κ2) is 9.16. The molecule has 1 unspecified atom stereocenters. The Kier molecular flexibility index (Phi) is 6.55. The van der Waals surface area contributed by atoms with Crippen LogP contribution >= 0.6 is 11.3 Å². The van der Waals surface area contributed by atoms with Gasteiger partial charge in [0.15, 0.2) is 0 Å². The first-order valence-corrected chi connectivity index (χ1v) is 12.8. The molecule has 0 radical (unpaired) electrons. The number of nitrogens with zero attached hydrogens (tertiary/aromatic N) is 2. The molecule has 2 fully saturated rings. The average Bonchev–Trinajstić information content (AvgIpc) is 3.39. The van der Waals surface area contributed by atoms with Gasteiger partial charge in [0.25, 0.3) is 10.0 Å². The molecule has 4 rings (SSSR count). The topological polar surface area (TPSA) is 57.7 Å². The Morgan fingerprint density at radius 2 is 1.87 bits per heavy atom. The molecule has 2 aromatic rings. The fourth-order valence-corrected chi connectivity index (χ4v) is 7.41. The number of hydrogen-bond acceptors (Lipinski definition) is 4. The maximum atomic E-state index is 13.5. The first-order chi connectivity index (χ1) is 14.4. The fourth-order valence-electron chi connectivity index (χ4n) is 4.39. The van der Waals surface area contributed by atoms with Gasteiger partial charge in [-0.05, 0) is 61.9 Å². The average molecular weight is 451 g/mol. The second-order valence-electron chi connectivity index (χ2n) is 8.08. The molecule has 0 spiro atoms. The maximum Gasteiger partial charge on any atom is 0.252 e. The molecule has 5 nitrogen and oxygen atoms in total. The van der Waals surface area contributed by atoms with Crippen molar-refractivity contribution in [3.05, 3.63) is 52.7 Å². The Labute approximate surface area is 181 Å². The summed E-state index contributed by atoms with van der Waals surface area (Å²) in [7, 11) is -3.46. The van der Waals surface area contributed by atoms with Crippen molar-refractivity contribution >= 4 is 27.3 Å². The van der Waals surface area contributed by atoms with E-state index < -0.39 is 10.0 Å². The number of likely N-dealkylation sites (tertiary alicyclic amines) is 1. The Morgan fingerprint density at radius 1 is 1.07 bits per heavy atom. The van der Waals surface area contributed by atoms with Crippen LogP contribution in [0.1, 0.15) is 42.5 Å². The Morgan fingerprint density at radius 3 is 2.63 bits per heavy atom. The van der Waals surface area contributed by atoms with E-state index in [1.807, 2.05) is 11.0 Å². The molecular formula is C22H27FN2O3S2. The van der Waals surface area contributed by atoms with Crippen LogP contribution in [0, 0.1) is 5.82 Å². The number of sulfonamides is 1. The van der Waals surface area contributed by atoms with E-state index in [2.05, 4.69) is 0 Å². The van der Waals surface area contributed by atoms with E-state index in [9.17, 15) is 17.6 Å². The number of rotatable bonds is 6. The normalized spacial score (nSPS) is 20.6. The van der Waals surface area contributed by atoms with E-state index in [1.54, 1.807) is 22.5 Å². The van der Waals surface area contributed by atoms with Crippen molar-refractivity contribution in [3.8, 4) is 0 Å². The summed E-state index contributed by atoms with van der Waals surface area (Å²) in [5, 5.41) is 0. The van der Waals surface area contributed by atoms with Crippen LogP contribution in [0.4, 0.5) is 4.39 Å². The van der Waals surface area contributed by atoms with Gasteiger partial charge in [0, 0.05) is 30.6 Å². The van der Waals surface area contributed by atoms with Gasteiger partial charge in [-0.3, -0.25) is 4.79 Å². The van der Waals surface area contributed by atoms with Crippen LogP contribution < -0.4 is 0 Å². The SMILES string of the molecule is O=C(Cc1ccc(S(=O)(=O)N2CCCCC2)s1)N1CCCC1Cc1cccc(F)c1. The van der Waals surface area contributed by atoms with Gasteiger partial charge in [0.1, 0.15) is 10.0 Å². The van der Waals surface area contributed by atoms with E-state index >= 15 is 0 Å². The van der Waals surface area contributed by atoms with Crippen LogP contribution in [0.2, 0.25) is 0 Å². The standard InChI is InChI=1S/C22H27FN2O3S2/c23-18-7-4-6-17(14-18)15-19-8-5-13-25(19)21(26)16-20-9-10-22(29-20)30(27,28)24-11-2-1-3-12-24/h4,6-7,9-10,14,19H,1-3,5,8,11-13,15-16H2. The first-order valence-electron chi connectivity index (χ1n) is 10.6. The third-order valence-corrected chi connectivity index (χ3v) is 9.38. The van der Waals surface area contributed by atoms with Crippen LogP contribution in [0.25, 0.3) is 0 Å². The molecular weight excluding hydrogens is 423 g/mol. The molecule has 1 aromatic carbocycles. The van der Waals surface area contributed by atoms with Crippen molar-refractivity contribution in [1.29, 1.82) is 0 Å². The van der Waals surface area contributed by atoms with Crippen LogP contribution in [-0.2, 0) is 27.7 Å². The number of carbonyl (C=O) groups excluding carboxylic acids is 1. The molecule has 0 N–H and O–H groups in total. The minimum Gasteiger partial charge on any atom is -0.339 e. The molecule has 162 valence electrons. The highest BCUT2D eigenvalue weighted by Gasteiger charge is 2.30. The third-order valence-electron chi connectivity index (χ3n) is 5.93. The van der Waals surface area contributed by atoms with Gasteiger partial charge in [-0.1, -0.05) is 18.6 Å². The summed E-state index contributed by atoms with van der Waals surface area (Å²) in [6, 6.07) is 9.99. The molecule has 2 aliphatic heterocycles. The number of hydrogen-bond donors (Lipinski definition) is 0. The lowest BCUT2D eigenvalue weighted by Gasteiger charge is -2.25. The molecule has 2 saturated heterocycles. The quantitative estimate of drug-likeness (QED) is 0.672. The van der Waals surface area contributed by atoms with Gasteiger partial charge >= 0.3 is 0 Å². The monoisotopic (exact) mass is 450 g/mol. The summed E-state index contributed by atoms with van der Waals surface area (Å²) >= 11 is 1.20. The van der Waals surface area contributed by atoms with Gasteiger partial charge in [-0.15, -0.1) is 11.3 Å². The van der Waals surface area contributed by atoms with Gasteiger partial charge in [-0.2, -0.15) is 4.31 Å². The third kappa shape index (κ3) is 4.76. The number of amides is 1. The number of halogens is 1. The molecule has 2 aliphatic rings. The van der Waals surface area contributed by atoms with Crippen molar-refractivity contribution in [2.75, 3.05) is 19.6 Å². The lowest BCUT2D eigenvalue weighted by molar-refractivity contribution is -0.131. The largest absolute Gasteiger partial charge is 0.339 e. The smallest absolute Gasteiger partial charge is 0.252 e. The Balaban J connectivity index is 1.41. The minimum absolute atomic E-state index is 0.0117. The molecule has 0 saturated carbocycles. The van der Waals surface area contributed by atoms with Crippen molar-refractivity contribution in [3.63, 3.8) is 0 Å². The number of thiophene rings is 1. The van der Waals surface area contributed by atoms with Crippen molar-refractivity contribution < 1.29 is 17.6 Å². The molecule has 30 heavy (non-hydrogen) atoms. The highest BCUT2D eigenvalue weighted by atomic mass is 32.2. The number of piperidine rings is 1. The van der Waals surface area contributed by atoms with E-state index in [0.717, 1.165) is 42.5 Å². The van der Waals surface area contributed by atoms with Gasteiger partial charge in [-0.25, -0.2) is 12.8 Å². The van der Waals surface area contributed by atoms with E-state index in [1.165, 1.54) is 23.5 Å². The zero-order chi connectivity index (χ0) is 21.1. The molecule has 0 aliphatic carbocycles. The summed E-state index contributed by atoms with van der Waals surface area (Å²) in [4.78, 5) is 15.6. The lowest BCUT2D eigenvalue weighted by atomic mass is 10.0. The molecule has 8 heteroatoms. The summed E-state index contributed by atoms with van der Waals surface area (Å²) in [6.45, 7) is 1.84. The van der Waals surface area contributed by atoms with Crippen LogP contribution in [0.5, 0.6) is 0 Å². The number of carbonyl (C=O) groups is 1. The van der Waals surface area contributed by atoms with Crippen LogP contribution in [-0.4, -0.2) is 49.2 Å². The van der Waals surface area contributed by atoms with E-state index in [4.69, 9.17) is 0 Å². The summed E-state index contributed by atoms with van der Waals surface area (Å²) in [5.74, 6) is -0.248. The van der Waals surface area contributed by atoms with E-state index in [0.29, 0.717) is 30.3 Å². The molecule has 3 heterocycles. The number of benzene rings is 1. The molecule has 1 amide bonds. The van der Waals surface area contributed by atoms with Crippen molar-refractivity contribution in [1.82, 2.24) is 9.21 Å². The minimum atomic E-state index is -3.46. The van der Waals surface area contributed by atoms with Crippen molar-refractivity contribution in [2.24, 2.45) is 0 Å². The predicted octanol–water partition coefficient (Wildman–Crippen LogP) is 3.84.